The molecule has 1 aromatic rings. The number of carbonyl (C=O) groups excluding carboxylic acids is 1. The molecule has 0 saturated heterocycles. The van der Waals surface area contributed by atoms with Crippen LogP contribution in [0.4, 0.5) is 4.39 Å². The minimum atomic E-state index is -3.16. The average molecular weight is 244 g/mol. The Hall–Kier alpha value is -1.23. The number of ketones is 1. The Morgan fingerprint density at radius 2 is 2.00 bits per heavy atom. The lowest BCUT2D eigenvalue weighted by Crippen LogP contribution is -2.10. The van der Waals surface area contributed by atoms with Gasteiger partial charge in [-0.15, -0.1) is 0 Å². The minimum Gasteiger partial charge on any atom is -0.294 e. The topological polar surface area (TPSA) is 51.2 Å². The number of rotatable bonds is 4. The van der Waals surface area contributed by atoms with Gasteiger partial charge in [0.1, 0.15) is 15.7 Å². The summed E-state index contributed by atoms with van der Waals surface area (Å²) in [5.74, 6) is -1.04. The first-order valence-corrected chi connectivity index (χ1v) is 6.83. The summed E-state index contributed by atoms with van der Waals surface area (Å²) in [6.07, 6.45) is 0.960. The van der Waals surface area contributed by atoms with Gasteiger partial charge in [-0.3, -0.25) is 4.79 Å². The van der Waals surface area contributed by atoms with E-state index >= 15 is 0 Å². The molecule has 1 rings (SSSR count). The normalized spacial score (nSPS) is 11.4. The van der Waals surface area contributed by atoms with Gasteiger partial charge in [0.15, 0.2) is 5.78 Å². The fraction of sp³-hybridized carbons (Fsp3) is 0.364. The van der Waals surface area contributed by atoms with Gasteiger partial charge in [-0.2, -0.15) is 0 Å². The predicted octanol–water partition coefficient (Wildman–Crippen LogP) is 1.75. The molecular formula is C11H13FO3S. The van der Waals surface area contributed by atoms with Gasteiger partial charge in [0.05, 0.1) is 5.75 Å². The van der Waals surface area contributed by atoms with Crippen LogP contribution in [0.2, 0.25) is 0 Å². The minimum absolute atomic E-state index is 0.108. The second-order valence-electron chi connectivity index (χ2n) is 3.76. The lowest BCUT2D eigenvalue weighted by Gasteiger charge is -2.04. The van der Waals surface area contributed by atoms with E-state index in [1.54, 1.807) is 6.92 Å². The van der Waals surface area contributed by atoms with E-state index in [1.165, 1.54) is 12.1 Å². The van der Waals surface area contributed by atoms with Gasteiger partial charge in [-0.05, 0) is 24.6 Å². The zero-order valence-corrected chi connectivity index (χ0v) is 9.97. The molecule has 0 aliphatic heterocycles. The number of aryl methyl sites for hydroxylation is 1. The number of halogens is 1. The molecule has 0 spiro atoms. The fourth-order valence-corrected chi connectivity index (χ4v) is 1.86. The SMILES string of the molecule is Cc1ccc(F)cc1C(=O)CCS(C)(=O)=O. The second kappa shape index (κ2) is 4.74. The van der Waals surface area contributed by atoms with Crippen LogP contribution in [0.5, 0.6) is 0 Å². The van der Waals surface area contributed by atoms with Gasteiger partial charge in [-0.25, -0.2) is 12.8 Å². The monoisotopic (exact) mass is 244 g/mol. The van der Waals surface area contributed by atoms with Crippen molar-refractivity contribution in [1.29, 1.82) is 0 Å². The standard InChI is InChI=1S/C11H13FO3S/c1-8-3-4-9(12)7-10(8)11(13)5-6-16(2,14)15/h3-4,7H,5-6H2,1-2H3. The quantitative estimate of drug-likeness (QED) is 0.758. The highest BCUT2D eigenvalue weighted by atomic mass is 32.2. The number of hydrogen-bond donors (Lipinski definition) is 0. The van der Waals surface area contributed by atoms with Crippen molar-refractivity contribution < 1.29 is 17.6 Å². The van der Waals surface area contributed by atoms with Gasteiger partial charge in [-0.1, -0.05) is 6.07 Å². The summed E-state index contributed by atoms with van der Waals surface area (Å²) in [6, 6.07) is 3.91. The summed E-state index contributed by atoms with van der Waals surface area (Å²) in [5.41, 5.74) is 0.906. The molecule has 0 heterocycles. The highest BCUT2D eigenvalue weighted by molar-refractivity contribution is 7.90. The lowest BCUT2D eigenvalue weighted by molar-refractivity contribution is 0.0988. The molecule has 1 aromatic carbocycles. The smallest absolute Gasteiger partial charge is 0.164 e. The number of hydrogen-bond acceptors (Lipinski definition) is 3. The Labute approximate surface area is 94.2 Å². The van der Waals surface area contributed by atoms with Crippen molar-refractivity contribution in [2.45, 2.75) is 13.3 Å². The first-order chi connectivity index (χ1) is 7.29. The van der Waals surface area contributed by atoms with E-state index in [0.717, 1.165) is 12.3 Å². The molecule has 0 saturated carbocycles. The van der Waals surface area contributed by atoms with Crippen LogP contribution < -0.4 is 0 Å². The maximum atomic E-state index is 12.9. The van der Waals surface area contributed by atoms with E-state index in [1.807, 2.05) is 0 Å². The van der Waals surface area contributed by atoms with Crippen molar-refractivity contribution in [1.82, 2.24) is 0 Å². The van der Waals surface area contributed by atoms with Crippen LogP contribution in [0.15, 0.2) is 18.2 Å². The molecule has 88 valence electrons. The van der Waals surface area contributed by atoms with E-state index in [0.29, 0.717) is 5.56 Å². The van der Waals surface area contributed by atoms with E-state index < -0.39 is 15.7 Å². The highest BCUT2D eigenvalue weighted by Crippen LogP contribution is 2.12. The van der Waals surface area contributed by atoms with Crippen molar-refractivity contribution in [3.05, 3.63) is 35.1 Å². The van der Waals surface area contributed by atoms with Crippen LogP contribution in [0.1, 0.15) is 22.3 Å². The van der Waals surface area contributed by atoms with Gasteiger partial charge in [0.2, 0.25) is 0 Å². The van der Waals surface area contributed by atoms with E-state index in [2.05, 4.69) is 0 Å². The molecule has 0 fully saturated rings. The molecule has 0 bridgehead atoms. The summed E-state index contributed by atoms with van der Waals surface area (Å²) >= 11 is 0. The van der Waals surface area contributed by atoms with Gasteiger partial charge in [0, 0.05) is 18.2 Å². The lowest BCUT2D eigenvalue weighted by atomic mass is 10.0. The molecule has 0 amide bonds. The Bertz CT molecular complexity index is 506. The van der Waals surface area contributed by atoms with E-state index in [4.69, 9.17) is 0 Å². The maximum absolute atomic E-state index is 12.9. The van der Waals surface area contributed by atoms with Crippen LogP contribution in [0.3, 0.4) is 0 Å². The van der Waals surface area contributed by atoms with Gasteiger partial charge < -0.3 is 0 Å². The summed E-state index contributed by atoms with van der Waals surface area (Å²) in [6.45, 7) is 1.69. The maximum Gasteiger partial charge on any atom is 0.164 e. The Balaban J connectivity index is 2.85. The van der Waals surface area contributed by atoms with Crippen molar-refractivity contribution in [3.8, 4) is 0 Å². The highest BCUT2D eigenvalue weighted by Gasteiger charge is 2.13. The average Bonchev–Trinajstić information content (AvgIpc) is 2.17. The summed E-state index contributed by atoms with van der Waals surface area (Å²) < 4.78 is 34.7. The number of Topliss-reactive ketones (excluding diaryl/α,β-unsaturated/α-hetero) is 1. The summed E-state index contributed by atoms with van der Waals surface area (Å²) in [5, 5.41) is 0. The van der Waals surface area contributed by atoms with E-state index in [9.17, 15) is 17.6 Å². The first kappa shape index (κ1) is 12.8. The summed E-state index contributed by atoms with van der Waals surface area (Å²) in [7, 11) is -3.16. The zero-order chi connectivity index (χ0) is 12.3. The molecule has 0 aliphatic rings. The van der Waals surface area contributed by atoms with Crippen LogP contribution in [-0.2, 0) is 9.84 Å². The van der Waals surface area contributed by atoms with Crippen molar-refractivity contribution in [3.63, 3.8) is 0 Å². The molecule has 16 heavy (non-hydrogen) atoms. The fourth-order valence-electron chi connectivity index (χ4n) is 1.31. The van der Waals surface area contributed by atoms with Crippen molar-refractivity contribution in [2.75, 3.05) is 12.0 Å². The second-order valence-corrected chi connectivity index (χ2v) is 6.02. The van der Waals surface area contributed by atoms with Crippen LogP contribution in [0, 0.1) is 12.7 Å². The molecule has 0 atom stereocenters. The third-order valence-electron chi connectivity index (χ3n) is 2.20. The van der Waals surface area contributed by atoms with Crippen molar-refractivity contribution in [2.24, 2.45) is 0 Å². The largest absolute Gasteiger partial charge is 0.294 e. The predicted molar refractivity (Wildman–Crippen MR) is 59.8 cm³/mol. The summed E-state index contributed by atoms with van der Waals surface area (Å²) in [4.78, 5) is 11.6. The zero-order valence-electron chi connectivity index (χ0n) is 9.16. The molecule has 0 unspecified atom stereocenters. The van der Waals surface area contributed by atoms with Crippen LogP contribution in [-0.4, -0.2) is 26.2 Å². The van der Waals surface area contributed by atoms with Crippen LogP contribution in [0.25, 0.3) is 0 Å². The van der Waals surface area contributed by atoms with Gasteiger partial charge in [0.25, 0.3) is 0 Å². The molecule has 3 nitrogen and oxygen atoms in total. The number of carbonyl (C=O) groups is 1. The number of sulfone groups is 1. The molecule has 0 N–H and O–H groups in total. The molecule has 0 radical (unpaired) electrons. The molecular weight excluding hydrogens is 231 g/mol. The van der Waals surface area contributed by atoms with Crippen molar-refractivity contribution >= 4 is 15.6 Å². The van der Waals surface area contributed by atoms with Gasteiger partial charge >= 0.3 is 0 Å². The molecule has 5 heteroatoms. The van der Waals surface area contributed by atoms with E-state index in [-0.39, 0.29) is 23.5 Å². The Kier molecular flexibility index (Phi) is 3.80. The Morgan fingerprint density at radius 3 is 2.56 bits per heavy atom. The first-order valence-electron chi connectivity index (χ1n) is 4.76. The molecule has 0 aromatic heterocycles. The third kappa shape index (κ3) is 3.73. The number of benzene rings is 1. The third-order valence-corrected chi connectivity index (χ3v) is 3.15. The Morgan fingerprint density at radius 1 is 1.38 bits per heavy atom. The molecule has 0 aliphatic carbocycles. The van der Waals surface area contributed by atoms with Crippen LogP contribution >= 0.6 is 0 Å².